The highest BCUT2D eigenvalue weighted by atomic mass is 32.3. The molecular weight excluding hydrogens is 195 g/mol. The van der Waals surface area contributed by atoms with Crippen LogP contribution < -0.4 is 4.18 Å². The molecule has 0 bridgehead atoms. The van der Waals surface area contributed by atoms with Gasteiger partial charge in [-0.3, -0.25) is 0 Å². The average Bonchev–Trinajstić information content (AvgIpc) is 2.01. The van der Waals surface area contributed by atoms with E-state index in [0.29, 0.717) is 5.56 Å². The Bertz CT molecular complexity index is 411. The average molecular weight is 202 g/mol. The lowest BCUT2D eigenvalue weighted by molar-refractivity contribution is 0.440. The summed E-state index contributed by atoms with van der Waals surface area (Å²) in [5.41, 5.74) is 0.654. The summed E-state index contributed by atoms with van der Waals surface area (Å²) in [4.78, 5) is 0. The molecule has 0 atom stereocenters. The largest absolute Gasteiger partial charge is 0.488 e. The molecule has 0 aromatic heterocycles. The predicted molar refractivity (Wildman–Crippen MR) is 47.2 cm³/mol. The second kappa shape index (κ2) is 3.57. The Kier molecular flexibility index (Phi) is 2.67. The van der Waals surface area contributed by atoms with Crippen LogP contribution in [0, 0.1) is 0 Å². The molecule has 0 spiro atoms. The van der Waals surface area contributed by atoms with Gasteiger partial charge in [0.05, 0.1) is 0 Å². The van der Waals surface area contributed by atoms with Crippen LogP contribution in [0.5, 0.6) is 5.75 Å². The minimum Gasteiger partial charge on any atom is -0.358 e. The fourth-order valence-electron chi connectivity index (χ4n) is 0.808. The van der Waals surface area contributed by atoms with E-state index in [9.17, 15) is 12.3 Å². The zero-order valence-electron chi connectivity index (χ0n) is 6.60. The van der Waals surface area contributed by atoms with E-state index < -0.39 is 10.5 Å². The van der Waals surface area contributed by atoms with Crippen molar-refractivity contribution in [3.05, 3.63) is 36.4 Å². The van der Waals surface area contributed by atoms with Gasteiger partial charge in [0, 0.05) is 0 Å². The summed E-state index contributed by atoms with van der Waals surface area (Å²) < 4.78 is 36.2. The summed E-state index contributed by atoms with van der Waals surface area (Å²) in [6, 6.07) is 5.93. The third kappa shape index (κ3) is 3.25. The predicted octanol–water partition coefficient (Wildman–Crippen LogP) is 1.92. The van der Waals surface area contributed by atoms with E-state index >= 15 is 0 Å². The van der Waals surface area contributed by atoms with E-state index in [-0.39, 0.29) is 5.75 Å². The normalized spacial score (nSPS) is 10.8. The molecule has 5 heteroatoms. The molecule has 0 unspecified atom stereocenters. The highest BCUT2D eigenvalue weighted by molar-refractivity contribution is 7.81. The van der Waals surface area contributed by atoms with E-state index in [4.69, 9.17) is 0 Å². The summed E-state index contributed by atoms with van der Waals surface area (Å²) in [5, 5.41) is 0. The monoisotopic (exact) mass is 202 g/mol. The van der Waals surface area contributed by atoms with E-state index in [2.05, 4.69) is 10.8 Å². The molecule has 3 nitrogen and oxygen atoms in total. The van der Waals surface area contributed by atoms with Gasteiger partial charge in [0.1, 0.15) is 5.75 Å². The zero-order valence-corrected chi connectivity index (χ0v) is 7.42. The molecule has 1 aromatic rings. The number of rotatable bonds is 3. The van der Waals surface area contributed by atoms with Gasteiger partial charge >= 0.3 is 10.5 Å². The molecule has 0 aliphatic carbocycles. The third-order valence-electron chi connectivity index (χ3n) is 1.29. The second-order valence-electron chi connectivity index (χ2n) is 2.25. The van der Waals surface area contributed by atoms with E-state index in [1.165, 1.54) is 24.3 Å². The van der Waals surface area contributed by atoms with Gasteiger partial charge in [-0.1, -0.05) is 28.7 Å². The maximum absolute atomic E-state index is 12.0. The number of benzene rings is 1. The van der Waals surface area contributed by atoms with Gasteiger partial charge in [-0.25, -0.2) is 0 Å². The fraction of sp³-hybridized carbons (Fsp3) is 0. The third-order valence-corrected chi connectivity index (χ3v) is 1.68. The molecule has 1 aromatic carbocycles. The first-order chi connectivity index (χ1) is 6.01. The second-order valence-corrected chi connectivity index (χ2v) is 3.21. The standard InChI is InChI=1S/C8H7FO3S/c1-2-7-4-3-5-8(6-7)12-13(9,10)11/h2-6H,1H2. The molecule has 0 saturated heterocycles. The van der Waals surface area contributed by atoms with Crippen LogP contribution in [0.2, 0.25) is 0 Å². The Balaban J connectivity index is 2.96. The highest BCUT2D eigenvalue weighted by Crippen LogP contribution is 2.16. The number of hydrogen-bond donors (Lipinski definition) is 0. The minimum absolute atomic E-state index is 0.0695. The van der Waals surface area contributed by atoms with Gasteiger partial charge in [-0.05, 0) is 17.7 Å². The summed E-state index contributed by atoms with van der Waals surface area (Å²) >= 11 is 0. The molecule has 0 heterocycles. The van der Waals surface area contributed by atoms with Crippen LogP contribution in [0.25, 0.3) is 6.08 Å². The minimum atomic E-state index is -4.94. The molecule has 0 saturated carbocycles. The summed E-state index contributed by atoms with van der Waals surface area (Å²) in [6.07, 6.45) is 1.50. The van der Waals surface area contributed by atoms with Crippen molar-refractivity contribution in [3.63, 3.8) is 0 Å². The molecule has 13 heavy (non-hydrogen) atoms. The van der Waals surface area contributed by atoms with E-state index in [1.807, 2.05) is 0 Å². The van der Waals surface area contributed by atoms with Crippen molar-refractivity contribution in [3.8, 4) is 5.75 Å². The number of hydrogen-bond acceptors (Lipinski definition) is 3. The molecule has 0 radical (unpaired) electrons. The summed E-state index contributed by atoms with van der Waals surface area (Å²) in [6.45, 7) is 3.47. The molecule has 0 fully saturated rings. The van der Waals surface area contributed by atoms with Crippen molar-refractivity contribution in [2.45, 2.75) is 0 Å². The van der Waals surface area contributed by atoms with Gasteiger partial charge in [-0.2, -0.15) is 8.42 Å². The molecular formula is C8H7FO3S. The Morgan fingerprint density at radius 1 is 1.46 bits per heavy atom. The molecule has 0 aliphatic heterocycles. The Labute approximate surface area is 75.9 Å². The van der Waals surface area contributed by atoms with Gasteiger partial charge < -0.3 is 4.18 Å². The first-order valence-electron chi connectivity index (χ1n) is 3.38. The lowest BCUT2D eigenvalue weighted by Gasteiger charge is -1.99. The maximum atomic E-state index is 12.0. The molecule has 1 rings (SSSR count). The van der Waals surface area contributed by atoms with Crippen LogP contribution in [-0.2, 0) is 10.5 Å². The highest BCUT2D eigenvalue weighted by Gasteiger charge is 2.08. The maximum Gasteiger partial charge on any atom is 0.488 e. The number of halogens is 1. The molecule has 70 valence electrons. The van der Waals surface area contributed by atoms with Crippen molar-refractivity contribution in [2.75, 3.05) is 0 Å². The smallest absolute Gasteiger partial charge is 0.358 e. The molecule has 0 aliphatic rings. The molecule has 0 amide bonds. The Morgan fingerprint density at radius 3 is 2.69 bits per heavy atom. The zero-order chi connectivity index (χ0) is 9.90. The first-order valence-corrected chi connectivity index (χ1v) is 4.69. The SMILES string of the molecule is C=Cc1cccc(OS(=O)(=O)F)c1. The summed E-state index contributed by atoms with van der Waals surface area (Å²) in [5.74, 6) is -0.0695. The van der Waals surface area contributed by atoms with Crippen LogP contribution in [0.4, 0.5) is 3.89 Å². The van der Waals surface area contributed by atoms with Crippen LogP contribution in [0.15, 0.2) is 30.8 Å². The van der Waals surface area contributed by atoms with Crippen molar-refractivity contribution >= 4 is 16.6 Å². The van der Waals surface area contributed by atoms with Crippen LogP contribution >= 0.6 is 0 Å². The van der Waals surface area contributed by atoms with Gasteiger partial charge in [-0.15, -0.1) is 0 Å². The molecule has 0 N–H and O–H groups in total. The summed E-state index contributed by atoms with van der Waals surface area (Å²) in [7, 11) is -4.94. The first kappa shape index (κ1) is 9.73. The topological polar surface area (TPSA) is 43.4 Å². The Hall–Kier alpha value is -1.36. The van der Waals surface area contributed by atoms with Crippen LogP contribution in [0.1, 0.15) is 5.56 Å². The van der Waals surface area contributed by atoms with Crippen molar-refractivity contribution in [2.24, 2.45) is 0 Å². The van der Waals surface area contributed by atoms with Gasteiger partial charge in [0.25, 0.3) is 0 Å². The lowest BCUT2D eigenvalue weighted by atomic mass is 10.2. The quantitative estimate of drug-likeness (QED) is 0.703. The van der Waals surface area contributed by atoms with E-state index in [0.717, 1.165) is 0 Å². The van der Waals surface area contributed by atoms with Crippen molar-refractivity contribution < 1.29 is 16.5 Å². The fourth-order valence-corrected chi connectivity index (χ4v) is 1.14. The van der Waals surface area contributed by atoms with Crippen molar-refractivity contribution in [1.29, 1.82) is 0 Å². The van der Waals surface area contributed by atoms with Crippen LogP contribution in [0.3, 0.4) is 0 Å². The van der Waals surface area contributed by atoms with Gasteiger partial charge in [0.15, 0.2) is 0 Å². The van der Waals surface area contributed by atoms with E-state index in [1.54, 1.807) is 6.07 Å². The Morgan fingerprint density at radius 2 is 2.15 bits per heavy atom. The van der Waals surface area contributed by atoms with Crippen LogP contribution in [-0.4, -0.2) is 8.42 Å². The lowest BCUT2D eigenvalue weighted by Crippen LogP contribution is -2.00. The van der Waals surface area contributed by atoms with Gasteiger partial charge in [0.2, 0.25) is 0 Å². The van der Waals surface area contributed by atoms with Crippen molar-refractivity contribution in [1.82, 2.24) is 0 Å².